The molecule has 0 saturated carbocycles. The van der Waals surface area contributed by atoms with Gasteiger partial charge in [0, 0.05) is 22.7 Å². The van der Waals surface area contributed by atoms with Crippen molar-refractivity contribution in [3.05, 3.63) is 28.2 Å². The molecule has 0 radical (unpaired) electrons. The number of hydrogen-bond donors (Lipinski definition) is 0. The second-order valence-corrected chi connectivity index (χ2v) is 6.13. The Morgan fingerprint density at radius 2 is 2.20 bits per heavy atom. The molecular weight excluding hydrogens is 318 g/mol. The zero-order chi connectivity index (χ0) is 14.9. The molecule has 0 aliphatic carbocycles. The van der Waals surface area contributed by atoms with Crippen LogP contribution < -0.4 is 4.90 Å². The van der Waals surface area contributed by atoms with E-state index in [2.05, 4.69) is 28.9 Å². The lowest BCUT2D eigenvalue weighted by Gasteiger charge is -2.42. The molecule has 1 aromatic carbocycles. The van der Waals surface area contributed by atoms with E-state index in [0.29, 0.717) is 6.54 Å². The Labute approximate surface area is 128 Å². The van der Waals surface area contributed by atoms with Crippen molar-refractivity contribution in [3.8, 4) is 6.07 Å². The molecule has 1 amide bonds. The highest BCUT2D eigenvalue weighted by molar-refractivity contribution is 9.10. The third-order valence-corrected chi connectivity index (χ3v) is 4.79. The molecule has 1 fully saturated rings. The van der Waals surface area contributed by atoms with Gasteiger partial charge in [-0.1, -0.05) is 22.0 Å². The maximum absolute atomic E-state index is 12.6. The van der Waals surface area contributed by atoms with Crippen LogP contribution in [0.2, 0.25) is 0 Å². The van der Waals surface area contributed by atoms with Crippen molar-refractivity contribution in [1.82, 2.24) is 4.90 Å². The summed E-state index contributed by atoms with van der Waals surface area (Å²) in [5.41, 5.74) is 2.02. The molecule has 0 bridgehead atoms. The Morgan fingerprint density at radius 1 is 1.50 bits per heavy atom. The highest BCUT2D eigenvalue weighted by atomic mass is 79.9. The molecule has 1 heterocycles. The van der Waals surface area contributed by atoms with Crippen molar-refractivity contribution in [3.63, 3.8) is 0 Å². The highest BCUT2D eigenvalue weighted by Gasteiger charge is 2.37. The highest BCUT2D eigenvalue weighted by Crippen LogP contribution is 2.28. The number of halogens is 1. The molecule has 1 aliphatic heterocycles. The fourth-order valence-electron chi connectivity index (χ4n) is 2.44. The SMILES string of the molecule is Cc1ccc(N2CC(C)N(C)C(CC#N)C2=O)cc1Br. The largest absolute Gasteiger partial charge is 0.309 e. The molecule has 106 valence electrons. The molecule has 5 heteroatoms. The van der Waals surface area contributed by atoms with Crippen molar-refractivity contribution < 1.29 is 4.79 Å². The van der Waals surface area contributed by atoms with Crippen LogP contribution in [0.3, 0.4) is 0 Å². The first kappa shape index (κ1) is 15.0. The first-order valence-corrected chi connectivity index (χ1v) is 7.41. The van der Waals surface area contributed by atoms with Crippen molar-refractivity contribution >= 4 is 27.5 Å². The van der Waals surface area contributed by atoms with Gasteiger partial charge in [-0.15, -0.1) is 0 Å². The van der Waals surface area contributed by atoms with Gasteiger partial charge in [0.25, 0.3) is 0 Å². The smallest absolute Gasteiger partial charge is 0.245 e. The summed E-state index contributed by atoms with van der Waals surface area (Å²) in [4.78, 5) is 16.4. The van der Waals surface area contributed by atoms with Crippen LogP contribution in [0, 0.1) is 18.3 Å². The van der Waals surface area contributed by atoms with E-state index in [0.717, 1.165) is 15.7 Å². The van der Waals surface area contributed by atoms with Crippen LogP contribution in [0.1, 0.15) is 18.9 Å². The van der Waals surface area contributed by atoms with Crippen LogP contribution in [0.4, 0.5) is 5.69 Å². The summed E-state index contributed by atoms with van der Waals surface area (Å²) in [6.45, 7) is 4.74. The lowest BCUT2D eigenvalue weighted by Crippen LogP contribution is -2.59. The maximum atomic E-state index is 12.6. The van der Waals surface area contributed by atoms with Gasteiger partial charge in [-0.25, -0.2) is 0 Å². The number of piperazine rings is 1. The summed E-state index contributed by atoms with van der Waals surface area (Å²) in [6, 6.07) is 7.90. The van der Waals surface area contributed by atoms with Crippen LogP contribution >= 0.6 is 15.9 Å². The lowest BCUT2D eigenvalue weighted by atomic mass is 10.0. The maximum Gasteiger partial charge on any atom is 0.245 e. The van der Waals surface area contributed by atoms with E-state index in [1.807, 2.05) is 37.1 Å². The second kappa shape index (κ2) is 5.94. The second-order valence-electron chi connectivity index (χ2n) is 5.27. The number of carbonyl (C=O) groups is 1. The van der Waals surface area contributed by atoms with Crippen LogP contribution in [0.25, 0.3) is 0 Å². The van der Waals surface area contributed by atoms with Crippen molar-refractivity contribution in [2.24, 2.45) is 0 Å². The summed E-state index contributed by atoms with van der Waals surface area (Å²) < 4.78 is 0.992. The van der Waals surface area contributed by atoms with Crippen LogP contribution in [0.15, 0.2) is 22.7 Å². The van der Waals surface area contributed by atoms with Crippen molar-refractivity contribution in [2.75, 3.05) is 18.5 Å². The Hall–Kier alpha value is -1.38. The van der Waals surface area contributed by atoms with Gasteiger partial charge in [-0.3, -0.25) is 9.69 Å². The Morgan fingerprint density at radius 3 is 2.80 bits per heavy atom. The molecule has 1 aliphatic rings. The van der Waals surface area contributed by atoms with Gasteiger partial charge in [0.05, 0.1) is 12.5 Å². The number of amides is 1. The Bertz CT molecular complexity index is 567. The number of benzene rings is 1. The van der Waals surface area contributed by atoms with Crippen LogP contribution in [-0.2, 0) is 4.79 Å². The molecule has 4 nitrogen and oxygen atoms in total. The van der Waals surface area contributed by atoms with Crippen LogP contribution in [-0.4, -0.2) is 36.5 Å². The Balaban J connectivity index is 2.33. The van der Waals surface area contributed by atoms with Crippen molar-refractivity contribution in [2.45, 2.75) is 32.4 Å². The topological polar surface area (TPSA) is 47.3 Å². The average molecular weight is 336 g/mol. The summed E-state index contributed by atoms with van der Waals surface area (Å²) >= 11 is 3.50. The Kier molecular flexibility index (Phi) is 4.46. The molecular formula is C15H18BrN3O. The molecule has 0 aromatic heterocycles. The van der Waals surface area contributed by atoms with E-state index in [9.17, 15) is 4.79 Å². The van der Waals surface area contributed by atoms with Gasteiger partial charge in [0.2, 0.25) is 5.91 Å². The minimum absolute atomic E-state index is 0.00269. The van der Waals surface area contributed by atoms with E-state index >= 15 is 0 Å². The number of carbonyl (C=O) groups excluding carboxylic acids is 1. The molecule has 0 spiro atoms. The number of likely N-dealkylation sites (N-methyl/N-ethyl adjacent to an activating group) is 1. The van der Waals surface area contributed by atoms with Gasteiger partial charge in [0.1, 0.15) is 6.04 Å². The van der Waals surface area contributed by atoms with Gasteiger partial charge >= 0.3 is 0 Å². The zero-order valence-corrected chi connectivity index (χ0v) is 13.5. The quantitative estimate of drug-likeness (QED) is 0.834. The molecule has 2 rings (SSSR count). The molecule has 1 saturated heterocycles. The number of nitriles is 1. The van der Waals surface area contributed by atoms with E-state index in [1.165, 1.54) is 0 Å². The fraction of sp³-hybridized carbons (Fsp3) is 0.467. The molecule has 0 N–H and O–H groups in total. The van der Waals surface area contributed by atoms with Gasteiger partial charge in [-0.2, -0.15) is 5.26 Å². The third kappa shape index (κ3) is 2.72. The monoisotopic (exact) mass is 335 g/mol. The van der Waals surface area contributed by atoms with Gasteiger partial charge < -0.3 is 4.90 Å². The summed E-state index contributed by atoms with van der Waals surface area (Å²) in [5.74, 6) is 0.00269. The first-order chi connectivity index (χ1) is 9.45. The predicted octanol–water partition coefficient (Wildman–Crippen LogP) is 2.71. The number of hydrogen-bond acceptors (Lipinski definition) is 3. The van der Waals surface area contributed by atoms with Gasteiger partial charge in [-0.05, 0) is 38.6 Å². The van der Waals surface area contributed by atoms with E-state index in [1.54, 1.807) is 4.90 Å². The standard InChI is InChI=1S/C15H18BrN3O/c1-10-4-5-12(8-13(10)16)19-9-11(2)18(3)14(6-7-17)15(19)20/h4-5,8,11,14H,6,9H2,1-3H3. The van der Waals surface area contributed by atoms with E-state index in [4.69, 9.17) is 5.26 Å². The van der Waals surface area contributed by atoms with Crippen LogP contribution in [0.5, 0.6) is 0 Å². The first-order valence-electron chi connectivity index (χ1n) is 6.62. The third-order valence-electron chi connectivity index (χ3n) is 3.94. The zero-order valence-electron chi connectivity index (χ0n) is 11.9. The summed E-state index contributed by atoms with van der Waals surface area (Å²) in [7, 11) is 1.91. The van der Waals surface area contributed by atoms with Crippen molar-refractivity contribution in [1.29, 1.82) is 5.26 Å². The van der Waals surface area contributed by atoms with E-state index in [-0.39, 0.29) is 24.4 Å². The number of anilines is 1. The molecule has 2 atom stereocenters. The fourth-order valence-corrected chi connectivity index (χ4v) is 2.81. The minimum atomic E-state index is -0.358. The molecule has 1 aromatic rings. The number of rotatable bonds is 2. The summed E-state index contributed by atoms with van der Waals surface area (Å²) in [5, 5.41) is 8.92. The number of aryl methyl sites for hydroxylation is 1. The predicted molar refractivity (Wildman–Crippen MR) is 82.5 cm³/mol. The van der Waals surface area contributed by atoms with Gasteiger partial charge in [0.15, 0.2) is 0 Å². The van der Waals surface area contributed by atoms with E-state index < -0.39 is 0 Å². The molecule has 20 heavy (non-hydrogen) atoms. The lowest BCUT2D eigenvalue weighted by molar-refractivity contribution is -0.126. The molecule has 2 unspecified atom stereocenters. The summed E-state index contributed by atoms with van der Waals surface area (Å²) in [6.07, 6.45) is 0.225. The normalized spacial score (nSPS) is 23.8. The minimum Gasteiger partial charge on any atom is -0.309 e. The average Bonchev–Trinajstić information content (AvgIpc) is 2.42. The number of nitrogens with zero attached hydrogens (tertiary/aromatic N) is 3.